The number of allylic oxidation sites excluding steroid dienone is 1. The van der Waals surface area contributed by atoms with E-state index >= 15 is 0 Å². The van der Waals surface area contributed by atoms with Gasteiger partial charge in [0, 0.05) is 22.9 Å². The van der Waals surface area contributed by atoms with Gasteiger partial charge in [-0.1, -0.05) is 37.3 Å². The molecule has 0 aliphatic rings. The van der Waals surface area contributed by atoms with Crippen molar-refractivity contribution < 1.29 is 14.6 Å². The summed E-state index contributed by atoms with van der Waals surface area (Å²) in [5.41, 5.74) is 4.11. The lowest BCUT2D eigenvalue weighted by molar-refractivity contribution is 0.157. The number of imidazole rings is 1. The Morgan fingerprint density at radius 1 is 0.971 bits per heavy atom. The van der Waals surface area contributed by atoms with Crippen molar-refractivity contribution in [3.05, 3.63) is 84.8 Å². The molecule has 0 spiro atoms. The van der Waals surface area contributed by atoms with Gasteiger partial charge in [-0.05, 0) is 62.7 Å². The maximum atomic E-state index is 10.2. The van der Waals surface area contributed by atoms with Crippen LogP contribution in [-0.2, 0) is 0 Å². The number of aromatic nitrogens is 3. The topological polar surface area (TPSA) is 80.3 Å². The molecule has 6 nitrogen and oxygen atoms in total. The molecule has 2 N–H and O–H groups in total. The predicted octanol–water partition coefficient (Wildman–Crippen LogP) is 7.07. The van der Waals surface area contributed by atoms with Gasteiger partial charge in [-0.25, -0.2) is 0 Å². The first kappa shape index (κ1) is 24.1. The first-order valence-electron chi connectivity index (χ1n) is 11.7. The molecule has 4 rings (SSSR count). The Morgan fingerprint density at radius 2 is 1.69 bits per heavy atom. The van der Waals surface area contributed by atoms with Crippen molar-refractivity contribution in [3.8, 4) is 45.5 Å². The predicted molar refractivity (Wildman–Crippen MR) is 140 cm³/mol. The van der Waals surface area contributed by atoms with E-state index in [9.17, 15) is 5.11 Å². The highest BCUT2D eigenvalue weighted by Gasteiger charge is 2.24. The third-order valence-corrected chi connectivity index (χ3v) is 5.80. The summed E-state index contributed by atoms with van der Waals surface area (Å²) in [6, 6.07) is 21.7. The van der Waals surface area contributed by atoms with Gasteiger partial charge in [0.25, 0.3) is 0 Å². The van der Waals surface area contributed by atoms with Crippen LogP contribution >= 0.6 is 0 Å². The Morgan fingerprint density at radius 3 is 2.31 bits per heavy atom. The van der Waals surface area contributed by atoms with E-state index < -0.39 is 5.41 Å². The molecule has 0 aliphatic heterocycles. The molecule has 0 amide bonds. The second-order valence-electron chi connectivity index (χ2n) is 8.96. The fraction of sp³-hybridized carbons (Fsp3) is 0.241. The molecular weight excluding hydrogens is 438 g/mol. The first-order valence-corrected chi connectivity index (χ1v) is 11.7. The van der Waals surface area contributed by atoms with Crippen LogP contribution in [0.25, 0.3) is 33.9 Å². The second-order valence-corrected chi connectivity index (χ2v) is 8.96. The van der Waals surface area contributed by atoms with Gasteiger partial charge >= 0.3 is 0 Å². The van der Waals surface area contributed by atoms with E-state index in [0.717, 1.165) is 40.2 Å². The molecule has 35 heavy (non-hydrogen) atoms. The Kier molecular flexibility index (Phi) is 7.20. The highest BCUT2D eigenvalue weighted by atomic mass is 16.5. The number of ether oxygens (including phenoxy) is 2. The zero-order valence-corrected chi connectivity index (χ0v) is 20.6. The van der Waals surface area contributed by atoms with Gasteiger partial charge in [0.2, 0.25) is 5.88 Å². The monoisotopic (exact) mass is 469 g/mol. The number of H-pyrrole nitrogens is 1. The minimum absolute atomic E-state index is 0.353. The molecule has 0 aliphatic carbocycles. The maximum Gasteiger partial charge on any atom is 0.240 e. The van der Waals surface area contributed by atoms with Crippen molar-refractivity contribution in [2.24, 2.45) is 5.41 Å². The van der Waals surface area contributed by atoms with Crippen LogP contribution in [0.5, 0.6) is 11.6 Å². The number of benzene rings is 2. The first-order chi connectivity index (χ1) is 16.9. The highest BCUT2D eigenvalue weighted by Crippen LogP contribution is 2.32. The quantitative estimate of drug-likeness (QED) is 0.256. The van der Waals surface area contributed by atoms with Crippen molar-refractivity contribution in [2.75, 3.05) is 13.7 Å². The van der Waals surface area contributed by atoms with Crippen LogP contribution in [0.4, 0.5) is 0 Å². The molecule has 2 heterocycles. The molecule has 0 saturated heterocycles. The number of aliphatic hydroxyl groups excluding tert-OH is 1. The van der Waals surface area contributed by atoms with Crippen LogP contribution in [-0.4, -0.2) is 33.8 Å². The molecule has 2 aromatic carbocycles. The minimum Gasteiger partial charge on any atom is -0.512 e. The maximum absolute atomic E-state index is 10.2. The number of aliphatic hydroxyl groups is 1. The summed E-state index contributed by atoms with van der Waals surface area (Å²) < 4.78 is 11.4. The van der Waals surface area contributed by atoms with Crippen molar-refractivity contribution in [3.63, 3.8) is 0 Å². The van der Waals surface area contributed by atoms with E-state index in [1.807, 2.05) is 93.6 Å². The molecule has 6 heteroatoms. The Labute approximate surface area is 206 Å². The van der Waals surface area contributed by atoms with E-state index in [-0.39, 0.29) is 0 Å². The summed E-state index contributed by atoms with van der Waals surface area (Å²) in [6.07, 6.45) is 4.42. The number of methoxy groups -OCH3 is 1. The van der Waals surface area contributed by atoms with E-state index in [0.29, 0.717) is 24.1 Å². The van der Waals surface area contributed by atoms with Gasteiger partial charge in [0.05, 0.1) is 24.0 Å². The SMILES string of the molecule is CC/C=C(\O)C(C)(C)COc1ccc(-c2ccc(-c3nc(OC)c(-c4ccccc4)[nH]3)cn2)cc1. The Hall–Kier alpha value is -4.06. The number of aromatic amines is 1. The number of rotatable bonds is 9. The molecule has 0 fully saturated rings. The Balaban J connectivity index is 1.47. The van der Waals surface area contributed by atoms with Gasteiger partial charge < -0.3 is 19.6 Å². The van der Waals surface area contributed by atoms with Crippen LogP contribution in [0.1, 0.15) is 27.2 Å². The van der Waals surface area contributed by atoms with E-state index in [2.05, 4.69) is 15.0 Å². The van der Waals surface area contributed by atoms with Crippen molar-refractivity contribution >= 4 is 0 Å². The van der Waals surface area contributed by atoms with Crippen LogP contribution in [0.2, 0.25) is 0 Å². The number of hydrogen-bond donors (Lipinski definition) is 2. The standard InChI is InChI=1S/C29H31N3O3/c1-5-9-25(33)29(2,3)19-35-23-15-12-20(13-16-23)24-17-14-22(18-30-24)27-31-26(28(32-27)34-4)21-10-7-6-8-11-21/h6-18,33H,5,19H2,1-4H3,(H,31,32)/b25-9-. The molecule has 0 saturated carbocycles. The molecule has 0 atom stereocenters. The van der Waals surface area contributed by atoms with Crippen molar-refractivity contribution in [1.29, 1.82) is 0 Å². The molecule has 0 unspecified atom stereocenters. The molecule has 4 aromatic rings. The smallest absolute Gasteiger partial charge is 0.240 e. The van der Waals surface area contributed by atoms with Gasteiger partial charge in [-0.2, -0.15) is 4.98 Å². The molecule has 0 bridgehead atoms. The number of nitrogens with zero attached hydrogens (tertiary/aromatic N) is 2. The number of nitrogens with one attached hydrogen (secondary N) is 1. The number of hydrogen-bond acceptors (Lipinski definition) is 5. The molecule has 0 radical (unpaired) electrons. The van der Waals surface area contributed by atoms with Crippen LogP contribution in [0, 0.1) is 5.41 Å². The summed E-state index contributed by atoms with van der Waals surface area (Å²) in [7, 11) is 1.62. The lowest BCUT2D eigenvalue weighted by Crippen LogP contribution is -2.24. The minimum atomic E-state index is -0.443. The molecule has 2 aromatic heterocycles. The van der Waals surface area contributed by atoms with Gasteiger partial charge in [0.1, 0.15) is 23.9 Å². The molecular formula is C29H31N3O3. The summed E-state index contributed by atoms with van der Waals surface area (Å²) >= 11 is 0. The number of pyridine rings is 1. The van der Waals surface area contributed by atoms with Crippen molar-refractivity contribution in [1.82, 2.24) is 15.0 Å². The van der Waals surface area contributed by atoms with Gasteiger partial charge in [0.15, 0.2) is 0 Å². The van der Waals surface area contributed by atoms with Gasteiger partial charge in [-0.3, -0.25) is 4.98 Å². The van der Waals surface area contributed by atoms with Gasteiger partial charge in [-0.15, -0.1) is 0 Å². The largest absolute Gasteiger partial charge is 0.512 e. The van der Waals surface area contributed by atoms with E-state index in [1.165, 1.54) is 0 Å². The summed E-state index contributed by atoms with van der Waals surface area (Å²) in [4.78, 5) is 12.6. The summed E-state index contributed by atoms with van der Waals surface area (Å²) in [5.74, 6) is 2.35. The Bertz CT molecular complexity index is 1280. The third kappa shape index (κ3) is 5.54. The van der Waals surface area contributed by atoms with E-state index in [1.54, 1.807) is 13.3 Å². The fourth-order valence-corrected chi connectivity index (χ4v) is 3.68. The highest BCUT2D eigenvalue weighted by molar-refractivity contribution is 5.70. The molecule has 180 valence electrons. The third-order valence-electron chi connectivity index (χ3n) is 5.80. The summed E-state index contributed by atoms with van der Waals surface area (Å²) in [5, 5.41) is 10.2. The van der Waals surface area contributed by atoms with Crippen LogP contribution in [0.3, 0.4) is 0 Å². The normalized spacial score (nSPS) is 11.9. The average molecular weight is 470 g/mol. The van der Waals surface area contributed by atoms with Crippen LogP contribution < -0.4 is 9.47 Å². The second kappa shape index (κ2) is 10.5. The lowest BCUT2D eigenvalue weighted by Gasteiger charge is -2.24. The summed E-state index contributed by atoms with van der Waals surface area (Å²) in [6.45, 7) is 6.32. The zero-order valence-electron chi connectivity index (χ0n) is 20.6. The average Bonchev–Trinajstić information content (AvgIpc) is 3.33. The van der Waals surface area contributed by atoms with Crippen LogP contribution in [0.15, 0.2) is 84.8 Å². The fourth-order valence-electron chi connectivity index (χ4n) is 3.68. The van der Waals surface area contributed by atoms with E-state index in [4.69, 9.17) is 9.47 Å². The zero-order chi connectivity index (χ0) is 24.8. The lowest BCUT2D eigenvalue weighted by atomic mass is 9.91. The van der Waals surface area contributed by atoms with Crippen molar-refractivity contribution in [2.45, 2.75) is 27.2 Å².